The predicted molar refractivity (Wildman–Crippen MR) is 90.8 cm³/mol. The highest BCUT2D eigenvalue weighted by atomic mass is 35.5. The standard InChI is InChI=1S/C15H11ClFN3O4S/c16-9-5-6-10(12(7-9)20(23)24)15(22)19-18-14(21)8-25-13-4-2-1-3-11(13)17/h1-7H,8H2,(H,18,21)(H,19,22). The van der Waals surface area contributed by atoms with Gasteiger partial charge in [-0.25, -0.2) is 4.39 Å². The lowest BCUT2D eigenvalue weighted by Gasteiger charge is -2.08. The molecule has 0 spiro atoms. The average Bonchev–Trinajstić information content (AvgIpc) is 2.58. The zero-order valence-electron chi connectivity index (χ0n) is 12.5. The summed E-state index contributed by atoms with van der Waals surface area (Å²) in [6.07, 6.45) is 0. The molecule has 2 N–H and O–H groups in total. The highest BCUT2D eigenvalue weighted by molar-refractivity contribution is 8.00. The predicted octanol–water partition coefficient (Wildman–Crippen LogP) is 2.94. The molecule has 10 heteroatoms. The number of nitro benzene ring substituents is 1. The first kappa shape index (κ1) is 18.7. The Morgan fingerprint density at radius 1 is 1.20 bits per heavy atom. The highest BCUT2D eigenvalue weighted by Gasteiger charge is 2.21. The molecule has 0 aromatic heterocycles. The van der Waals surface area contributed by atoms with Gasteiger partial charge < -0.3 is 0 Å². The van der Waals surface area contributed by atoms with Gasteiger partial charge in [-0.1, -0.05) is 23.7 Å². The molecule has 0 bridgehead atoms. The number of benzene rings is 2. The van der Waals surface area contributed by atoms with E-state index in [9.17, 15) is 24.1 Å². The normalized spacial score (nSPS) is 10.2. The van der Waals surface area contributed by atoms with Crippen LogP contribution in [0, 0.1) is 15.9 Å². The Balaban J connectivity index is 1.93. The van der Waals surface area contributed by atoms with E-state index in [2.05, 4.69) is 10.9 Å². The number of hydrazine groups is 1. The van der Waals surface area contributed by atoms with Crippen LogP contribution in [0.2, 0.25) is 5.02 Å². The van der Waals surface area contributed by atoms with E-state index in [0.29, 0.717) is 0 Å². The van der Waals surface area contributed by atoms with Crippen molar-refractivity contribution in [1.82, 2.24) is 10.9 Å². The first-order valence-electron chi connectivity index (χ1n) is 6.79. The maximum absolute atomic E-state index is 13.4. The fraction of sp³-hybridized carbons (Fsp3) is 0.0667. The number of thioether (sulfide) groups is 1. The van der Waals surface area contributed by atoms with Gasteiger partial charge >= 0.3 is 0 Å². The number of rotatable bonds is 5. The van der Waals surface area contributed by atoms with Crippen LogP contribution in [0.5, 0.6) is 0 Å². The third kappa shape index (κ3) is 5.16. The van der Waals surface area contributed by atoms with Crippen molar-refractivity contribution in [2.75, 3.05) is 5.75 Å². The van der Waals surface area contributed by atoms with Gasteiger partial charge in [0.05, 0.1) is 10.7 Å². The molecule has 2 rings (SSSR count). The summed E-state index contributed by atoms with van der Waals surface area (Å²) >= 11 is 6.61. The molecular weight excluding hydrogens is 373 g/mol. The summed E-state index contributed by atoms with van der Waals surface area (Å²) < 4.78 is 13.4. The van der Waals surface area contributed by atoms with Crippen LogP contribution in [-0.2, 0) is 4.79 Å². The molecule has 2 aromatic carbocycles. The zero-order chi connectivity index (χ0) is 18.4. The Bertz CT molecular complexity index is 834. The topological polar surface area (TPSA) is 101 Å². The lowest BCUT2D eigenvalue weighted by Crippen LogP contribution is -2.42. The van der Waals surface area contributed by atoms with Crippen molar-refractivity contribution in [3.8, 4) is 0 Å². The lowest BCUT2D eigenvalue weighted by atomic mass is 10.2. The Morgan fingerprint density at radius 2 is 1.92 bits per heavy atom. The average molecular weight is 384 g/mol. The summed E-state index contributed by atoms with van der Waals surface area (Å²) in [5, 5.41) is 11.1. The first-order chi connectivity index (χ1) is 11.9. The molecule has 0 fully saturated rings. The van der Waals surface area contributed by atoms with Gasteiger partial charge in [0.2, 0.25) is 5.91 Å². The fourth-order valence-electron chi connectivity index (χ4n) is 1.78. The molecule has 25 heavy (non-hydrogen) atoms. The fourth-order valence-corrected chi connectivity index (χ4v) is 2.69. The second-order valence-corrected chi connectivity index (χ2v) is 6.09. The van der Waals surface area contributed by atoms with Crippen molar-refractivity contribution < 1.29 is 18.9 Å². The molecule has 0 saturated heterocycles. The summed E-state index contributed by atoms with van der Waals surface area (Å²) in [7, 11) is 0. The number of nitrogens with one attached hydrogen (secondary N) is 2. The molecule has 7 nitrogen and oxygen atoms in total. The molecule has 0 atom stereocenters. The lowest BCUT2D eigenvalue weighted by molar-refractivity contribution is -0.385. The van der Waals surface area contributed by atoms with Gasteiger partial charge in [0.25, 0.3) is 11.6 Å². The molecule has 0 saturated carbocycles. The van der Waals surface area contributed by atoms with Crippen LogP contribution >= 0.6 is 23.4 Å². The number of carbonyl (C=O) groups is 2. The first-order valence-corrected chi connectivity index (χ1v) is 8.15. The summed E-state index contributed by atoms with van der Waals surface area (Å²) in [6.45, 7) is 0. The largest absolute Gasteiger partial charge is 0.283 e. The number of hydrogen-bond donors (Lipinski definition) is 2. The molecule has 0 radical (unpaired) electrons. The summed E-state index contributed by atoms with van der Waals surface area (Å²) in [5.41, 5.74) is 3.45. The Labute approximate surface area is 150 Å². The van der Waals surface area contributed by atoms with Gasteiger partial charge in [-0.3, -0.25) is 30.6 Å². The van der Waals surface area contributed by atoms with Crippen molar-refractivity contribution in [3.05, 3.63) is 69.0 Å². The smallest absolute Gasteiger partial charge is 0.272 e. The van der Waals surface area contributed by atoms with E-state index in [4.69, 9.17) is 11.6 Å². The van der Waals surface area contributed by atoms with Crippen LogP contribution in [0.25, 0.3) is 0 Å². The second kappa shape index (κ2) is 8.45. The van der Waals surface area contributed by atoms with Crippen LogP contribution in [0.1, 0.15) is 10.4 Å². The minimum Gasteiger partial charge on any atom is -0.272 e. The van der Waals surface area contributed by atoms with E-state index in [1.165, 1.54) is 30.3 Å². The summed E-state index contributed by atoms with van der Waals surface area (Å²) in [4.78, 5) is 34.2. The van der Waals surface area contributed by atoms with E-state index in [1.54, 1.807) is 6.07 Å². The van der Waals surface area contributed by atoms with Crippen LogP contribution in [0.4, 0.5) is 10.1 Å². The van der Waals surface area contributed by atoms with E-state index in [0.717, 1.165) is 17.8 Å². The molecule has 130 valence electrons. The number of nitro groups is 1. The molecule has 2 aromatic rings. The number of hydrogen-bond acceptors (Lipinski definition) is 5. The molecule has 0 aliphatic carbocycles. The SMILES string of the molecule is O=C(CSc1ccccc1F)NNC(=O)c1ccc(Cl)cc1[N+](=O)[O-]. The van der Waals surface area contributed by atoms with Crippen molar-refractivity contribution in [1.29, 1.82) is 0 Å². The van der Waals surface area contributed by atoms with Gasteiger partial charge in [-0.2, -0.15) is 0 Å². The monoisotopic (exact) mass is 383 g/mol. The van der Waals surface area contributed by atoms with Gasteiger partial charge in [-0.05, 0) is 24.3 Å². The van der Waals surface area contributed by atoms with E-state index >= 15 is 0 Å². The Kier molecular flexibility index (Phi) is 6.31. The molecule has 0 aliphatic rings. The van der Waals surface area contributed by atoms with Crippen molar-refractivity contribution in [2.45, 2.75) is 4.90 Å². The summed E-state index contributed by atoms with van der Waals surface area (Å²) in [6, 6.07) is 9.47. The molecular formula is C15H11ClFN3O4S. The number of nitrogens with zero attached hydrogens (tertiary/aromatic N) is 1. The van der Waals surface area contributed by atoms with Crippen molar-refractivity contribution in [2.24, 2.45) is 0 Å². The second-order valence-electron chi connectivity index (χ2n) is 4.64. The third-order valence-corrected chi connectivity index (χ3v) is 4.20. The van der Waals surface area contributed by atoms with Crippen molar-refractivity contribution >= 4 is 40.9 Å². The van der Waals surface area contributed by atoms with E-state index in [-0.39, 0.29) is 21.2 Å². The van der Waals surface area contributed by atoms with Gasteiger partial charge in [-0.15, -0.1) is 11.8 Å². The molecule has 0 aliphatic heterocycles. The van der Waals surface area contributed by atoms with E-state index < -0.39 is 28.2 Å². The van der Waals surface area contributed by atoms with Crippen LogP contribution in [0.3, 0.4) is 0 Å². The van der Waals surface area contributed by atoms with Crippen molar-refractivity contribution in [3.63, 3.8) is 0 Å². The Morgan fingerprint density at radius 3 is 2.60 bits per heavy atom. The quantitative estimate of drug-likeness (QED) is 0.469. The molecule has 0 heterocycles. The Hall–Kier alpha value is -2.65. The van der Waals surface area contributed by atoms with Gasteiger partial charge in [0, 0.05) is 16.0 Å². The van der Waals surface area contributed by atoms with Crippen LogP contribution < -0.4 is 10.9 Å². The van der Waals surface area contributed by atoms with Gasteiger partial charge in [0.15, 0.2) is 0 Å². The highest BCUT2D eigenvalue weighted by Crippen LogP contribution is 2.23. The molecule has 2 amide bonds. The third-order valence-electron chi connectivity index (χ3n) is 2.91. The van der Waals surface area contributed by atoms with Gasteiger partial charge in [0.1, 0.15) is 11.4 Å². The maximum atomic E-state index is 13.4. The number of amides is 2. The van der Waals surface area contributed by atoms with Crippen LogP contribution in [-0.4, -0.2) is 22.5 Å². The zero-order valence-corrected chi connectivity index (χ0v) is 14.1. The minimum absolute atomic E-state index is 0.105. The number of carbonyl (C=O) groups excluding carboxylic acids is 2. The maximum Gasteiger partial charge on any atom is 0.283 e. The number of halogens is 2. The van der Waals surface area contributed by atoms with E-state index in [1.807, 2.05) is 0 Å². The molecule has 0 unspecified atom stereocenters. The summed E-state index contributed by atoms with van der Waals surface area (Å²) in [5.74, 6) is -2.07. The minimum atomic E-state index is -0.868. The van der Waals surface area contributed by atoms with Crippen LogP contribution in [0.15, 0.2) is 47.4 Å².